The zero-order valence-corrected chi connectivity index (χ0v) is 10.7. The summed E-state index contributed by atoms with van der Waals surface area (Å²) in [6, 6.07) is 0. The molecule has 3 aliphatic rings. The van der Waals surface area contributed by atoms with Crippen LogP contribution in [0.2, 0.25) is 0 Å². The van der Waals surface area contributed by atoms with E-state index in [0.717, 1.165) is 36.4 Å². The summed E-state index contributed by atoms with van der Waals surface area (Å²) in [6.45, 7) is 4.60. The minimum atomic E-state index is 0.735. The average Bonchev–Trinajstić information content (AvgIpc) is 2.54. The van der Waals surface area contributed by atoms with Crippen molar-refractivity contribution < 1.29 is 4.74 Å². The lowest BCUT2D eigenvalue weighted by Gasteiger charge is -2.37. The van der Waals surface area contributed by atoms with Gasteiger partial charge in [-0.3, -0.25) is 0 Å². The van der Waals surface area contributed by atoms with Crippen molar-refractivity contribution in [3.8, 4) is 0 Å². The maximum absolute atomic E-state index is 5.46. The molecule has 1 aliphatic heterocycles. The Labute approximate surface area is 99.9 Å². The van der Waals surface area contributed by atoms with Crippen LogP contribution in [0.1, 0.15) is 58.3 Å². The third-order valence-electron chi connectivity index (χ3n) is 5.39. The quantitative estimate of drug-likeness (QED) is 0.685. The zero-order valence-electron chi connectivity index (χ0n) is 10.7. The second kappa shape index (κ2) is 4.33. The van der Waals surface area contributed by atoms with Crippen LogP contribution in [-0.4, -0.2) is 13.2 Å². The molecule has 2 saturated carbocycles. The van der Waals surface area contributed by atoms with Crippen LogP contribution in [0.5, 0.6) is 0 Å². The van der Waals surface area contributed by atoms with Gasteiger partial charge < -0.3 is 4.74 Å². The first-order valence-corrected chi connectivity index (χ1v) is 7.31. The van der Waals surface area contributed by atoms with Gasteiger partial charge in [-0.2, -0.15) is 0 Å². The summed E-state index contributed by atoms with van der Waals surface area (Å²) < 4.78 is 5.46. The molecule has 92 valence electrons. The predicted molar refractivity (Wildman–Crippen MR) is 66.3 cm³/mol. The lowest BCUT2D eigenvalue weighted by Crippen LogP contribution is -2.27. The fraction of sp³-hybridized carbons (Fsp3) is 1.00. The van der Waals surface area contributed by atoms with Gasteiger partial charge in [0.1, 0.15) is 0 Å². The molecule has 1 heterocycles. The van der Waals surface area contributed by atoms with Gasteiger partial charge >= 0.3 is 0 Å². The number of rotatable bonds is 2. The van der Waals surface area contributed by atoms with Crippen molar-refractivity contribution in [1.82, 2.24) is 0 Å². The topological polar surface area (TPSA) is 9.23 Å². The number of hydrogen-bond donors (Lipinski definition) is 0. The summed E-state index contributed by atoms with van der Waals surface area (Å²) in [7, 11) is 0. The number of hydrogen-bond acceptors (Lipinski definition) is 1. The third kappa shape index (κ3) is 2.30. The van der Waals surface area contributed by atoms with E-state index in [2.05, 4.69) is 6.92 Å². The van der Waals surface area contributed by atoms with Gasteiger partial charge in [-0.05, 0) is 74.5 Å². The number of fused-ring (bicyclic) bond motifs is 2. The summed E-state index contributed by atoms with van der Waals surface area (Å²) in [4.78, 5) is 0. The van der Waals surface area contributed by atoms with Crippen LogP contribution >= 0.6 is 0 Å². The van der Waals surface area contributed by atoms with E-state index in [1.807, 2.05) is 0 Å². The second-order valence-corrected chi connectivity index (χ2v) is 7.02. The van der Waals surface area contributed by atoms with Crippen LogP contribution in [0.25, 0.3) is 0 Å². The molecule has 1 nitrogen and oxygen atoms in total. The van der Waals surface area contributed by atoms with Crippen LogP contribution in [0.3, 0.4) is 0 Å². The molecule has 2 bridgehead atoms. The second-order valence-electron chi connectivity index (χ2n) is 7.02. The van der Waals surface area contributed by atoms with Gasteiger partial charge in [0.25, 0.3) is 0 Å². The highest BCUT2D eigenvalue weighted by Crippen LogP contribution is 2.54. The molecule has 1 heteroatoms. The highest BCUT2D eigenvalue weighted by Gasteiger charge is 2.42. The summed E-state index contributed by atoms with van der Waals surface area (Å²) >= 11 is 0. The fourth-order valence-electron chi connectivity index (χ4n) is 4.72. The van der Waals surface area contributed by atoms with Crippen molar-refractivity contribution in [2.45, 2.75) is 58.3 Å². The molecule has 2 aliphatic carbocycles. The van der Waals surface area contributed by atoms with Gasteiger partial charge in [0, 0.05) is 13.2 Å². The first-order valence-electron chi connectivity index (χ1n) is 7.31. The van der Waals surface area contributed by atoms with Gasteiger partial charge in [-0.1, -0.05) is 6.92 Å². The molecule has 0 amide bonds. The molecular weight excluding hydrogens is 196 g/mol. The van der Waals surface area contributed by atoms with Gasteiger partial charge in [-0.25, -0.2) is 0 Å². The van der Waals surface area contributed by atoms with Crippen molar-refractivity contribution in [3.05, 3.63) is 0 Å². The fourth-order valence-corrected chi connectivity index (χ4v) is 4.72. The summed E-state index contributed by atoms with van der Waals surface area (Å²) in [5, 5.41) is 0. The van der Waals surface area contributed by atoms with Gasteiger partial charge in [0.2, 0.25) is 0 Å². The average molecular weight is 222 g/mol. The first kappa shape index (κ1) is 11.1. The lowest BCUT2D eigenvalue weighted by atomic mass is 9.69. The normalized spacial score (nSPS) is 44.8. The van der Waals surface area contributed by atoms with Crippen LogP contribution < -0.4 is 0 Å². The van der Waals surface area contributed by atoms with Crippen LogP contribution in [0.4, 0.5) is 0 Å². The molecule has 0 N–H and O–H groups in total. The van der Waals surface area contributed by atoms with E-state index in [0.29, 0.717) is 0 Å². The van der Waals surface area contributed by atoms with Crippen LogP contribution in [-0.2, 0) is 4.74 Å². The molecule has 0 aromatic carbocycles. The Morgan fingerprint density at radius 3 is 2.62 bits per heavy atom. The highest BCUT2D eigenvalue weighted by molar-refractivity contribution is 4.93. The molecule has 3 unspecified atom stereocenters. The predicted octanol–water partition coefficient (Wildman–Crippen LogP) is 4.02. The Morgan fingerprint density at radius 2 is 1.88 bits per heavy atom. The highest BCUT2D eigenvalue weighted by atomic mass is 16.5. The Kier molecular flexibility index (Phi) is 2.99. The Bertz CT molecular complexity index is 244. The Hall–Kier alpha value is -0.0400. The van der Waals surface area contributed by atoms with E-state index < -0.39 is 0 Å². The minimum absolute atomic E-state index is 0.735. The van der Waals surface area contributed by atoms with Crippen molar-refractivity contribution in [1.29, 1.82) is 0 Å². The first-order chi connectivity index (χ1) is 7.73. The Balaban J connectivity index is 1.55. The summed E-state index contributed by atoms with van der Waals surface area (Å²) in [5.74, 6) is 3.12. The molecule has 3 fully saturated rings. The molecule has 3 atom stereocenters. The third-order valence-corrected chi connectivity index (χ3v) is 5.39. The molecule has 0 spiro atoms. The van der Waals surface area contributed by atoms with E-state index in [1.54, 1.807) is 6.42 Å². The van der Waals surface area contributed by atoms with Gasteiger partial charge in [0.15, 0.2) is 0 Å². The summed E-state index contributed by atoms with van der Waals surface area (Å²) in [6.07, 6.45) is 11.8. The van der Waals surface area contributed by atoms with Gasteiger partial charge in [-0.15, -0.1) is 0 Å². The van der Waals surface area contributed by atoms with Crippen molar-refractivity contribution in [3.63, 3.8) is 0 Å². The molecule has 0 aromatic rings. The maximum atomic E-state index is 5.46. The van der Waals surface area contributed by atoms with Crippen molar-refractivity contribution >= 4 is 0 Å². The molecular formula is C15H26O. The van der Waals surface area contributed by atoms with E-state index in [-0.39, 0.29) is 0 Å². The Morgan fingerprint density at radius 1 is 1.06 bits per heavy atom. The molecule has 0 radical (unpaired) electrons. The van der Waals surface area contributed by atoms with Crippen molar-refractivity contribution in [2.75, 3.05) is 13.2 Å². The maximum Gasteiger partial charge on any atom is 0.0468 e. The summed E-state index contributed by atoms with van der Waals surface area (Å²) in [5.41, 5.74) is 0.735. The lowest BCUT2D eigenvalue weighted by molar-refractivity contribution is 0.0494. The van der Waals surface area contributed by atoms with Gasteiger partial charge in [0.05, 0.1) is 0 Å². The molecule has 0 aromatic heterocycles. The number of ether oxygens (including phenoxy) is 1. The van der Waals surface area contributed by atoms with Crippen LogP contribution in [0.15, 0.2) is 0 Å². The van der Waals surface area contributed by atoms with Crippen molar-refractivity contribution in [2.24, 2.45) is 23.2 Å². The molecule has 16 heavy (non-hydrogen) atoms. The van der Waals surface area contributed by atoms with E-state index in [4.69, 9.17) is 4.74 Å². The van der Waals surface area contributed by atoms with E-state index in [1.165, 1.54) is 44.9 Å². The zero-order chi connectivity index (χ0) is 11.0. The SMILES string of the molecule is CC12CCC(CC(CC3CCOCC3)C1)C2. The smallest absolute Gasteiger partial charge is 0.0468 e. The molecule has 3 rings (SSSR count). The minimum Gasteiger partial charge on any atom is -0.381 e. The van der Waals surface area contributed by atoms with E-state index >= 15 is 0 Å². The molecule has 1 saturated heterocycles. The monoisotopic (exact) mass is 222 g/mol. The van der Waals surface area contributed by atoms with E-state index in [9.17, 15) is 0 Å². The standard InChI is InChI=1S/C15H26O/c1-15-5-2-13(10-15)9-14(11-15)8-12-3-6-16-7-4-12/h12-14H,2-11H2,1H3. The van der Waals surface area contributed by atoms with Crippen LogP contribution in [0, 0.1) is 23.2 Å². The largest absolute Gasteiger partial charge is 0.381 e.